The van der Waals surface area contributed by atoms with Crippen molar-refractivity contribution in [1.29, 1.82) is 0 Å². The van der Waals surface area contributed by atoms with Gasteiger partial charge in [0, 0.05) is 24.5 Å². The molecule has 3 rings (SSSR count). The van der Waals surface area contributed by atoms with E-state index in [0.717, 1.165) is 36.2 Å². The summed E-state index contributed by atoms with van der Waals surface area (Å²) in [5, 5.41) is 2.99. The standard InChI is InChI=1S/C19H24N4O2/c1-13-9-14(2)11-16(10-13)22-19(24)23-8-4-5-17(12-23)25-18-6-7-20-15(3)21-18/h6-7,9-11,17H,4-5,8,12H2,1-3H3,(H,22,24)/t17-/m1/s1. The summed E-state index contributed by atoms with van der Waals surface area (Å²) in [6.45, 7) is 7.17. The van der Waals surface area contributed by atoms with Crippen LogP contribution in [0.4, 0.5) is 10.5 Å². The molecule has 1 fully saturated rings. The van der Waals surface area contributed by atoms with E-state index in [4.69, 9.17) is 4.74 Å². The maximum Gasteiger partial charge on any atom is 0.321 e. The van der Waals surface area contributed by atoms with Crippen molar-refractivity contribution in [2.24, 2.45) is 0 Å². The largest absolute Gasteiger partial charge is 0.472 e. The average molecular weight is 340 g/mol. The van der Waals surface area contributed by atoms with Crippen LogP contribution in [0.25, 0.3) is 0 Å². The Morgan fingerprint density at radius 3 is 2.72 bits per heavy atom. The van der Waals surface area contributed by atoms with Crippen LogP contribution < -0.4 is 10.1 Å². The Morgan fingerprint density at radius 1 is 1.24 bits per heavy atom. The monoisotopic (exact) mass is 340 g/mol. The number of anilines is 1. The molecular formula is C19H24N4O2. The van der Waals surface area contributed by atoms with E-state index in [1.54, 1.807) is 17.2 Å². The maximum atomic E-state index is 12.6. The molecule has 132 valence electrons. The van der Waals surface area contributed by atoms with E-state index in [2.05, 4.69) is 21.4 Å². The van der Waals surface area contributed by atoms with Gasteiger partial charge in [0.25, 0.3) is 0 Å². The number of nitrogens with one attached hydrogen (secondary N) is 1. The van der Waals surface area contributed by atoms with Crippen LogP contribution in [0.5, 0.6) is 5.88 Å². The Bertz CT molecular complexity index is 743. The number of nitrogens with zero attached hydrogens (tertiary/aromatic N) is 3. The molecule has 1 saturated heterocycles. The van der Waals surface area contributed by atoms with Crippen molar-refractivity contribution >= 4 is 11.7 Å². The molecule has 1 atom stereocenters. The first-order valence-electron chi connectivity index (χ1n) is 8.60. The minimum Gasteiger partial charge on any atom is -0.472 e. The van der Waals surface area contributed by atoms with E-state index in [0.29, 0.717) is 18.2 Å². The zero-order valence-electron chi connectivity index (χ0n) is 15.0. The maximum absolute atomic E-state index is 12.6. The van der Waals surface area contributed by atoms with Crippen molar-refractivity contribution in [2.75, 3.05) is 18.4 Å². The highest BCUT2D eigenvalue weighted by Crippen LogP contribution is 2.19. The number of likely N-dealkylation sites (tertiary alicyclic amines) is 1. The van der Waals surface area contributed by atoms with Crippen LogP contribution in [0.1, 0.15) is 29.8 Å². The summed E-state index contributed by atoms with van der Waals surface area (Å²) in [6.07, 6.45) is 3.46. The summed E-state index contributed by atoms with van der Waals surface area (Å²) in [6, 6.07) is 7.71. The number of benzene rings is 1. The fourth-order valence-electron chi connectivity index (χ4n) is 3.14. The van der Waals surface area contributed by atoms with E-state index < -0.39 is 0 Å². The zero-order chi connectivity index (χ0) is 17.8. The molecule has 0 spiro atoms. The summed E-state index contributed by atoms with van der Waals surface area (Å²) in [4.78, 5) is 22.7. The number of amides is 2. The smallest absolute Gasteiger partial charge is 0.321 e. The Balaban J connectivity index is 1.61. The Kier molecular flexibility index (Phi) is 5.16. The lowest BCUT2D eigenvalue weighted by atomic mass is 10.1. The molecule has 6 nitrogen and oxygen atoms in total. The number of aromatic nitrogens is 2. The van der Waals surface area contributed by atoms with Gasteiger partial charge < -0.3 is 15.0 Å². The first-order valence-corrected chi connectivity index (χ1v) is 8.60. The van der Waals surface area contributed by atoms with Gasteiger partial charge in [-0.3, -0.25) is 0 Å². The van der Waals surface area contributed by atoms with Crippen molar-refractivity contribution in [3.05, 3.63) is 47.4 Å². The summed E-state index contributed by atoms with van der Waals surface area (Å²) >= 11 is 0. The minimum atomic E-state index is -0.0860. The van der Waals surface area contributed by atoms with Crippen LogP contribution in [-0.2, 0) is 0 Å². The zero-order valence-corrected chi connectivity index (χ0v) is 15.0. The molecule has 0 saturated carbocycles. The van der Waals surface area contributed by atoms with Crippen molar-refractivity contribution in [3.63, 3.8) is 0 Å². The fraction of sp³-hybridized carbons (Fsp3) is 0.421. The number of ether oxygens (including phenoxy) is 1. The number of urea groups is 1. The van der Waals surface area contributed by atoms with Crippen LogP contribution in [0.15, 0.2) is 30.5 Å². The van der Waals surface area contributed by atoms with Gasteiger partial charge in [-0.15, -0.1) is 0 Å². The van der Waals surface area contributed by atoms with E-state index in [-0.39, 0.29) is 12.1 Å². The minimum absolute atomic E-state index is 0.0481. The lowest BCUT2D eigenvalue weighted by Gasteiger charge is -2.32. The highest BCUT2D eigenvalue weighted by Gasteiger charge is 2.25. The molecule has 1 aromatic carbocycles. The van der Waals surface area contributed by atoms with Gasteiger partial charge in [-0.2, -0.15) is 4.98 Å². The molecule has 2 amide bonds. The molecular weight excluding hydrogens is 316 g/mol. The van der Waals surface area contributed by atoms with Crippen molar-refractivity contribution in [2.45, 2.75) is 39.7 Å². The average Bonchev–Trinajstić information content (AvgIpc) is 2.54. The summed E-state index contributed by atoms with van der Waals surface area (Å²) in [7, 11) is 0. The number of hydrogen-bond donors (Lipinski definition) is 1. The number of carbonyl (C=O) groups excluding carboxylic acids is 1. The Hall–Kier alpha value is -2.63. The molecule has 25 heavy (non-hydrogen) atoms. The second-order valence-corrected chi connectivity index (χ2v) is 6.58. The number of hydrogen-bond acceptors (Lipinski definition) is 4. The highest BCUT2D eigenvalue weighted by atomic mass is 16.5. The SMILES string of the molecule is Cc1cc(C)cc(NC(=O)N2CCC[C@@H](Oc3ccnc(C)n3)C2)c1. The Labute approximate surface area is 148 Å². The molecule has 1 aliphatic heterocycles. The van der Waals surface area contributed by atoms with E-state index in [9.17, 15) is 4.79 Å². The molecule has 6 heteroatoms. The van der Waals surface area contributed by atoms with Gasteiger partial charge in [0.15, 0.2) is 0 Å². The van der Waals surface area contributed by atoms with E-state index in [1.807, 2.05) is 32.9 Å². The quantitative estimate of drug-likeness (QED) is 0.929. The van der Waals surface area contributed by atoms with Gasteiger partial charge in [0.05, 0.1) is 6.54 Å². The van der Waals surface area contributed by atoms with Crippen LogP contribution in [0, 0.1) is 20.8 Å². The molecule has 0 bridgehead atoms. The first-order chi connectivity index (χ1) is 12.0. The van der Waals surface area contributed by atoms with Gasteiger partial charge in [0.1, 0.15) is 11.9 Å². The second kappa shape index (κ2) is 7.51. The van der Waals surface area contributed by atoms with Crippen molar-refractivity contribution < 1.29 is 9.53 Å². The molecule has 1 N–H and O–H groups in total. The predicted octanol–water partition coefficient (Wildman–Crippen LogP) is 3.48. The first kappa shape index (κ1) is 17.2. The number of carbonyl (C=O) groups is 1. The normalized spacial score (nSPS) is 17.2. The molecule has 0 aliphatic carbocycles. The summed E-state index contributed by atoms with van der Waals surface area (Å²) in [5.41, 5.74) is 3.10. The third-order valence-electron chi connectivity index (χ3n) is 4.18. The van der Waals surface area contributed by atoms with Gasteiger partial charge in [0.2, 0.25) is 5.88 Å². The van der Waals surface area contributed by atoms with E-state index >= 15 is 0 Å². The number of aryl methyl sites for hydroxylation is 3. The molecule has 2 aromatic rings. The predicted molar refractivity (Wildman–Crippen MR) is 96.9 cm³/mol. The third kappa shape index (κ3) is 4.68. The van der Waals surface area contributed by atoms with E-state index in [1.165, 1.54) is 0 Å². The van der Waals surface area contributed by atoms with Crippen molar-refractivity contribution in [1.82, 2.24) is 14.9 Å². The second-order valence-electron chi connectivity index (χ2n) is 6.58. The number of piperidine rings is 1. The van der Waals surface area contributed by atoms with Crippen LogP contribution in [-0.4, -0.2) is 40.1 Å². The van der Waals surface area contributed by atoms with Crippen LogP contribution >= 0.6 is 0 Å². The highest BCUT2D eigenvalue weighted by molar-refractivity contribution is 5.89. The van der Waals surface area contributed by atoms with Gasteiger partial charge in [-0.25, -0.2) is 9.78 Å². The van der Waals surface area contributed by atoms with Crippen LogP contribution in [0.3, 0.4) is 0 Å². The van der Waals surface area contributed by atoms with Crippen LogP contribution in [0.2, 0.25) is 0 Å². The molecule has 1 aromatic heterocycles. The van der Waals surface area contributed by atoms with Gasteiger partial charge in [-0.05, 0) is 56.9 Å². The summed E-state index contributed by atoms with van der Waals surface area (Å²) in [5.74, 6) is 1.24. The van der Waals surface area contributed by atoms with Gasteiger partial charge in [-0.1, -0.05) is 6.07 Å². The Morgan fingerprint density at radius 2 is 2.00 bits per heavy atom. The summed E-state index contributed by atoms with van der Waals surface area (Å²) < 4.78 is 5.93. The molecule has 0 unspecified atom stereocenters. The fourth-order valence-corrected chi connectivity index (χ4v) is 3.14. The van der Waals surface area contributed by atoms with Gasteiger partial charge >= 0.3 is 6.03 Å². The third-order valence-corrected chi connectivity index (χ3v) is 4.18. The lowest BCUT2D eigenvalue weighted by molar-refractivity contribution is 0.102. The molecule has 2 heterocycles. The lowest BCUT2D eigenvalue weighted by Crippen LogP contribution is -2.46. The molecule has 0 radical (unpaired) electrons. The van der Waals surface area contributed by atoms with Crippen molar-refractivity contribution in [3.8, 4) is 5.88 Å². The molecule has 1 aliphatic rings. The number of rotatable bonds is 3. The topological polar surface area (TPSA) is 67.4 Å².